The van der Waals surface area contributed by atoms with Crippen LogP contribution >= 0.6 is 22.9 Å². The van der Waals surface area contributed by atoms with Crippen LogP contribution in [0.25, 0.3) is 11.3 Å². The Kier molecular flexibility index (Phi) is 4.83. The first-order chi connectivity index (χ1) is 11.5. The zero-order valence-electron chi connectivity index (χ0n) is 13.3. The van der Waals surface area contributed by atoms with Crippen LogP contribution in [-0.4, -0.2) is 11.0 Å². The normalized spacial score (nSPS) is 10.5. The van der Waals surface area contributed by atoms with Crippen molar-refractivity contribution in [3.63, 3.8) is 0 Å². The summed E-state index contributed by atoms with van der Waals surface area (Å²) in [4.78, 5) is 16.6. The molecular formula is C18H16ClN3OS. The standard InChI is InChI=1S/C18H16ClN3OS/c1-11-6-7-16(15(19)8-11)22-18(23)21-14-5-3-4-13(9-14)17-10-24-12(2)20-17/h3-10H,1-2H3,(H2,21,22,23). The molecule has 3 rings (SSSR count). The van der Waals surface area contributed by atoms with E-state index in [1.807, 2.05) is 55.6 Å². The van der Waals surface area contributed by atoms with Gasteiger partial charge < -0.3 is 10.6 Å². The zero-order valence-corrected chi connectivity index (χ0v) is 14.8. The molecule has 0 aliphatic rings. The zero-order chi connectivity index (χ0) is 17.1. The number of urea groups is 1. The molecule has 2 amide bonds. The van der Waals surface area contributed by atoms with Gasteiger partial charge in [-0.3, -0.25) is 0 Å². The molecule has 0 aliphatic heterocycles. The van der Waals surface area contributed by atoms with E-state index < -0.39 is 0 Å². The van der Waals surface area contributed by atoms with Crippen molar-refractivity contribution in [3.05, 3.63) is 63.4 Å². The first-order valence-corrected chi connectivity index (χ1v) is 8.64. The number of halogens is 1. The molecule has 0 atom stereocenters. The minimum atomic E-state index is -0.340. The van der Waals surface area contributed by atoms with Crippen molar-refractivity contribution >= 4 is 40.3 Å². The Balaban J connectivity index is 1.72. The third kappa shape index (κ3) is 3.93. The third-order valence-corrected chi connectivity index (χ3v) is 4.49. The van der Waals surface area contributed by atoms with Crippen LogP contribution in [0.5, 0.6) is 0 Å². The van der Waals surface area contributed by atoms with Crippen molar-refractivity contribution in [1.82, 2.24) is 4.98 Å². The smallest absolute Gasteiger partial charge is 0.308 e. The number of hydrogen-bond donors (Lipinski definition) is 2. The Hall–Kier alpha value is -2.37. The summed E-state index contributed by atoms with van der Waals surface area (Å²) in [6, 6.07) is 12.7. The number of rotatable bonds is 3. The number of aryl methyl sites for hydroxylation is 2. The summed E-state index contributed by atoms with van der Waals surface area (Å²) in [6.07, 6.45) is 0. The lowest BCUT2D eigenvalue weighted by Crippen LogP contribution is -2.19. The summed E-state index contributed by atoms with van der Waals surface area (Å²) in [5.41, 5.74) is 4.18. The molecule has 1 heterocycles. The van der Waals surface area contributed by atoms with E-state index in [9.17, 15) is 4.79 Å². The quantitative estimate of drug-likeness (QED) is 0.629. The number of hydrogen-bond acceptors (Lipinski definition) is 3. The van der Waals surface area contributed by atoms with Gasteiger partial charge in [-0.1, -0.05) is 29.8 Å². The first-order valence-electron chi connectivity index (χ1n) is 7.38. The fourth-order valence-electron chi connectivity index (χ4n) is 2.26. The van der Waals surface area contributed by atoms with E-state index in [4.69, 9.17) is 11.6 Å². The van der Waals surface area contributed by atoms with E-state index >= 15 is 0 Å². The van der Waals surface area contributed by atoms with Crippen LogP contribution in [0.2, 0.25) is 5.02 Å². The van der Waals surface area contributed by atoms with Crippen LogP contribution in [0.3, 0.4) is 0 Å². The van der Waals surface area contributed by atoms with Gasteiger partial charge in [-0.15, -0.1) is 11.3 Å². The first kappa shape index (κ1) is 16.5. The number of nitrogens with zero attached hydrogens (tertiary/aromatic N) is 1. The second-order valence-corrected chi connectivity index (χ2v) is 6.86. The molecule has 0 saturated carbocycles. The summed E-state index contributed by atoms with van der Waals surface area (Å²) >= 11 is 7.73. The van der Waals surface area contributed by atoms with Crippen molar-refractivity contribution in [2.24, 2.45) is 0 Å². The van der Waals surface area contributed by atoms with Crippen LogP contribution in [0.1, 0.15) is 10.6 Å². The van der Waals surface area contributed by atoms with Gasteiger partial charge >= 0.3 is 6.03 Å². The molecule has 2 N–H and O–H groups in total. The van der Waals surface area contributed by atoms with E-state index in [2.05, 4.69) is 15.6 Å². The van der Waals surface area contributed by atoms with Gasteiger partial charge in [0.15, 0.2) is 0 Å². The summed E-state index contributed by atoms with van der Waals surface area (Å²) in [6.45, 7) is 3.91. The molecule has 6 heteroatoms. The van der Waals surface area contributed by atoms with Gasteiger partial charge in [0.05, 0.1) is 21.4 Å². The van der Waals surface area contributed by atoms with Crippen LogP contribution in [-0.2, 0) is 0 Å². The average molecular weight is 358 g/mol. The predicted octanol–water partition coefficient (Wildman–Crippen LogP) is 5.72. The lowest BCUT2D eigenvalue weighted by Gasteiger charge is -2.10. The summed E-state index contributed by atoms with van der Waals surface area (Å²) < 4.78 is 0. The molecule has 3 aromatic rings. The maximum atomic E-state index is 12.2. The number of carbonyl (C=O) groups is 1. The van der Waals surface area contributed by atoms with Crippen LogP contribution in [0, 0.1) is 13.8 Å². The molecular weight excluding hydrogens is 342 g/mol. The number of benzene rings is 2. The summed E-state index contributed by atoms with van der Waals surface area (Å²) in [5, 5.41) is 9.09. The Morgan fingerprint density at radius 1 is 1.12 bits per heavy atom. The van der Waals surface area contributed by atoms with Crippen molar-refractivity contribution in [2.45, 2.75) is 13.8 Å². The van der Waals surface area contributed by atoms with Crippen molar-refractivity contribution in [3.8, 4) is 11.3 Å². The molecule has 0 aliphatic carbocycles. The topological polar surface area (TPSA) is 54.0 Å². The van der Waals surface area contributed by atoms with E-state index in [1.165, 1.54) is 0 Å². The number of aromatic nitrogens is 1. The third-order valence-electron chi connectivity index (χ3n) is 3.41. The van der Waals surface area contributed by atoms with Crippen molar-refractivity contribution in [2.75, 3.05) is 10.6 Å². The Labute approximate surface area is 149 Å². The van der Waals surface area contributed by atoms with Crippen molar-refractivity contribution in [1.29, 1.82) is 0 Å². The maximum Gasteiger partial charge on any atom is 0.323 e. The fraction of sp³-hybridized carbons (Fsp3) is 0.111. The number of anilines is 2. The SMILES string of the molecule is Cc1ccc(NC(=O)Nc2cccc(-c3csc(C)n3)c2)c(Cl)c1. The van der Waals surface area contributed by atoms with Crippen LogP contribution in [0.4, 0.5) is 16.2 Å². The lowest BCUT2D eigenvalue weighted by molar-refractivity contribution is 0.262. The van der Waals surface area contributed by atoms with Gasteiger partial charge in [0.1, 0.15) is 0 Å². The Morgan fingerprint density at radius 3 is 2.67 bits per heavy atom. The largest absolute Gasteiger partial charge is 0.323 e. The van der Waals surface area contributed by atoms with Gasteiger partial charge in [0.25, 0.3) is 0 Å². The molecule has 1 aromatic heterocycles. The molecule has 0 fully saturated rings. The molecule has 2 aromatic carbocycles. The number of thiazole rings is 1. The highest BCUT2D eigenvalue weighted by molar-refractivity contribution is 7.09. The van der Waals surface area contributed by atoms with E-state index in [0.717, 1.165) is 21.8 Å². The average Bonchev–Trinajstić information content (AvgIpc) is 2.97. The predicted molar refractivity (Wildman–Crippen MR) is 101 cm³/mol. The maximum absolute atomic E-state index is 12.2. The van der Waals surface area contributed by atoms with Gasteiger partial charge in [-0.2, -0.15) is 0 Å². The minimum Gasteiger partial charge on any atom is -0.308 e. The molecule has 0 radical (unpaired) electrons. The molecule has 0 spiro atoms. The number of amides is 2. The molecule has 122 valence electrons. The van der Waals surface area contributed by atoms with Crippen molar-refractivity contribution < 1.29 is 4.79 Å². The highest BCUT2D eigenvalue weighted by atomic mass is 35.5. The molecule has 0 saturated heterocycles. The van der Waals surface area contributed by atoms with Crippen LogP contribution < -0.4 is 10.6 Å². The molecule has 0 unspecified atom stereocenters. The second-order valence-electron chi connectivity index (χ2n) is 5.39. The number of nitrogens with one attached hydrogen (secondary N) is 2. The lowest BCUT2D eigenvalue weighted by atomic mass is 10.1. The van der Waals surface area contributed by atoms with Gasteiger partial charge in [-0.05, 0) is 43.7 Å². The minimum absolute atomic E-state index is 0.340. The van der Waals surface area contributed by atoms with E-state index in [1.54, 1.807) is 17.4 Å². The highest BCUT2D eigenvalue weighted by Crippen LogP contribution is 2.25. The fourth-order valence-corrected chi connectivity index (χ4v) is 3.16. The summed E-state index contributed by atoms with van der Waals surface area (Å²) in [5.74, 6) is 0. The number of carbonyl (C=O) groups excluding carboxylic acids is 1. The van der Waals surface area contributed by atoms with Gasteiger partial charge in [0, 0.05) is 16.6 Å². The second kappa shape index (κ2) is 7.03. The summed E-state index contributed by atoms with van der Waals surface area (Å²) in [7, 11) is 0. The Morgan fingerprint density at radius 2 is 1.96 bits per heavy atom. The van der Waals surface area contributed by atoms with Gasteiger partial charge in [-0.25, -0.2) is 9.78 Å². The van der Waals surface area contributed by atoms with Gasteiger partial charge in [0.2, 0.25) is 0 Å². The highest BCUT2D eigenvalue weighted by Gasteiger charge is 2.08. The van der Waals surface area contributed by atoms with Crippen LogP contribution in [0.15, 0.2) is 47.8 Å². The molecule has 4 nitrogen and oxygen atoms in total. The monoisotopic (exact) mass is 357 g/mol. The molecule has 24 heavy (non-hydrogen) atoms. The molecule has 0 bridgehead atoms. The van der Waals surface area contributed by atoms with E-state index in [-0.39, 0.29) is 6.03 Å². The van der Waals surface area contributed by atoms with E-state index in [0.29, 0.717) is 16.4 Å². The Bertz CT molecular complexity index is 891.